The van der Waals surface area contributed by atoms with Crippen molar-refractivity contribution >= 4 is 11.7 Å². The molecule has 0 aliphatic carbocycles. The zero-order valence-electron chi connectivity index (χ0n) is 14.2. The lowest BCUT2D eigenvalue weighted by molar-refractivity contribution is 0.0684. The molecular formula is C17H23N3O4. The number of carboxylic acids is 1. The van der Waals surface area contributed by atoms with Crippen LogP contribution in [0, 0.1) is 0 Å². The van der Waals surface area contributed by atoms with Gasteiger partial charge in [-0.2, -0.15) is 5.10 Å². The highest BCUT2D eigenvalue weighted by molar-refractivity contribution is 5.92. The average Bonchev–Trinajstić information content (AvgIpc) is 3.01. The summed E-state index contributed by atoms with van der Waals surface area (Å²) in [6, 6.07) is 5.82. The van der Waals surface area contributed by atoms with E-state index in [2.05, 4.69) is 10.4 Å². The molecule has 0 saturated heterocycles. The first-order chi connectivity index (χ1) is 11.6. The minimum Gasteiger partial charge on any atom is -0.496 e. The zero-order valence-corrected chi connectivity index (χ0v) is 14.2. The van der Waals surface area contributed by atoms with E-state index >= 15 is 0 Å². The Morgan fingerprint density at radius 3 is 2.79 bits per heavy atom. The highest BCUT2D eigenvalue weighted by atomic mass is 16.5. The largest absolute Gasteiger partial charge is 0.496 e. The van der Waals surface area contributed by atoms with E-state index in [1.807, 2.05) is 32.0 Å². The van der Waals surface area contributed by atoms with Crippen molar-refractivity contribution < 1.29 is 19.4 Å². The Kier molecular flexibility index (Phi) is 6.20. The van der Waals surface area contributed by atoms with E-state index in [0.717, 1.165) is 16.9 Å². The minimum absolute atomic E-state index is 0.167. The van der Waals surface area contributed by atoms with Crippen LogP contribution in [0.25, 0.3) is 0 Å². The summed E-state index contributed by atoms with van der Waals surface area (Å²) in [6.45, 7) is 5.89. The molecule has 0 aliphatic heterocycles. The van der Waals surface area contributed by atoms with Crippen LogP contribution < -0.4 is 10.1 Å². The van der Waals surface area contributed by atoms with E-state index < -0.39 is 5.97 Å². The van der Waals surface area contributed by atoms with Gasteiger partial charge in [0, 0.05) is 25.3 Å². The molecule has 1 aromatic heterocycles. The molecule has 0 aliphatic rings. The summed E-state index contributed by atoms with van der Waals surface area (Å²) in [5.41, 5.74) is 2.64. The molecule has 0 saturated carbocycles. The first-order valence-corrected chi connectivity index (χ1v) is 7.87. The molecule has 0 spiro atoms. The summed E-state index contributed by atoms with van der Waals surface area (Å²) in [5.74, 6) is -0.221. The van der Waals surface area contributed by atoms with Crippen molar-refractivity contribution in [3.05, 3.63) is 41.2 Å². The van der Waals surface area contributed by atoms with Crippen molar-refractivity contribution in [1.82, 2.24) is 9.78 Å². The van der Waals surface area contributed by atoms with Gasteiger partial charge in [-0.25, -0.2) is 4.79 Å². The van der Waals surface area contributed by atoms with Gasteiger partial charge >= 0.3 is 5.97 Å². The molecule has 0 amide bonds. The molecule has 0 radical (unpaired) electrons. The molecule has 0 atom stereocenters. The predicted molar refractivity (Wildman–Crippen MR) is 90.5 cm³/mol. The highest BCUT2D eigenvalue weighted by Crippen LogP contribution is 2.22. The zero-order chi connectivity index (χ0) is 17.5. The summed E-state index contributed by atoms with van der Waals surface area (Å²) >= 11 is 0. The van der Waals surface area contributed by atoms with Gasteiger partial charge in [-0.1, -0.05) is 6.07 Å². The first-order valence-electron chi connectivity index (χ1n) is 7.87. The Bertz CT molecular complexity index is 697. The fourth-order valence-electron chi connectivity index (χ4n) is 2.44. The van der Waals surface area contributed by atoms with Crippen molar-refractivity contribution in [3.63, 3.8) is 0 Å². The number of aryl methyl sites for hydroxylation is 1. The van der Waals surface area contributed by atoms with Gasteiger partial charge in [0.05, 0.1) is 25.6 Å². The van der Waals surface area contributed by atoms with E-state index in [0.29, 0.717) is 32.0 Å². The van der Waals surface area contributed by atoms with Crippen molar-refractivity contribution in [1.29, 1.82) is 0 Å². The van der Waals surface area contributed by atoms with Crippen LogP contribution in [0.2, 0.25) is 0 Å². The lowest BCUT2D eigenvalue weighted by Crippen LogP contribution is -2.11. The SMILES string of the molecule is CCOCc1cc(CNc2cnn(CC)c2C(=O)O)ccc1OC. The van der Waals surface area contributed by atoms with Crippen molar-refractivity contribution in [2.24, 2.45) is 0 Å². The summed E-state index contributed by atoms with van der Waals surface area (Å²) in [5, 5.41) is 16.6. The van der Waals surface area contributed by atoms with Crippen LogP contribution in [0.3, 0.4) is 0 Å². The lowest BCUT2D eigenvalue weighted by Gasteiger charge is -2.12. The maximum atomic E-state index is 11.4. The van der Waals surface area contributed by atoms with E-state index in [9.17, 15) is 9.90 Å². The Balaban J connectivity index is 2.14. The number of methoxy groups -OCH3 is 1. The third-order valence-electron chi connectivity index (χ3n) is 3.63. The van der Waals surface area contributed by atoms with Crippen LogP contribution in [0.1, 0.15) is 35.5 Å². The Morgan fingerprint density at radius 2 is 2.17 bits per heavy atom. The van der Waals surface area contributed by atoms with Crippen LogP contribution in [0.15, 0.2) is 24.4 Å². The number of hydrogen-bond acceptors (Lipinski definition) is 5. The number of nitrogens with one attached hydrogen (secondary N) is 1. The van der Waals surface area contributed by atoms with Gasteiger partial charge in [0.25, 0.3) is 0 Å². The molecule has 0 bridgehead atoms. The highest BCUT2D eigenvalue weighted by Gasteiger charge is 2.16. The second-order valence-electron chi connectivity index (χ2n) is 5.16. The molecule has 1 aromatic carbocycles. The Labute approximate surface area is 141 Å². The smallest absolute Gasteiger partial charge is 0.356 e. The monoisotopic (exact) mass is 333 g/mol. The topological polar surface area (TPSA) is 85.6 Å². The van der Waals surface area contributed by atoms with E-state index in [1.54, 1.807) is 7.11 Å². The molecule has 2 aromatic rings. The number of nitrogens with zero attached hydrogens (tertiary/aromatic N) is 2. The van der Waals surface area contributed by atoms with Crippen molar-refractivity contribution in [2.75, 3.05) is 19.0 Å². The fraction of sp³-hybridized carbons (Fsp3) is 0.412. The average molecular weight is 333 g/mol. The number of aromatic carboxylic acids is 1. The van der Waals surface area contributed by atoms with E-state index in [-0.39, 0.29) is 5.69 Å². The Hall–Kier alpha value is -2.54. The van der Waals surface area contributed by atoms with E-state index in [4.69, 9.17) is 9.47 Å². The molecule has 130 valence electrons. The number of anilines is 1. The number of carboxylic acid groups (broad SMARTS) is 1. The Morgan fingerprint density at radius 1 is 1.38 bits per heavy atom. The summed E-state index contributed by atoms with van der Waals surface area (Å²) in [4.78, 5) is 11.4. The van der Waals surface area contributed by atoms with Gasteiger partial charge < -0.3 is 19.9 Å². The maximum absolute atomic E-state index is 11.4. The summed E-state index contributed by atoms with van der Waals surface area (Å²) in [6.07, 6.45) is 1.54. The van der Waals surface area contributed by atoms with Gasteiger partial charge in [-0.3, -0.25) is 4.68 Å². The lowest BCUT2D eigenvalue weighted by atomic mass is 10.1. The van der Waals surface area contributed by atoms with Gasteiger partial charge in [-0.05, 0) is 31.5 Å². The maximum Gasteiger partial charge on any atom is 0.356 e. The summed E-state index contributed by atoms with van der Waals surface area (Å²) < 4.78 is 12.3. The van der Waals surface area contributed by atoms with Crippen LogP contribution in [0.4, 0.5) is 5.69 Å². The molecular weight excluding hydrogens is 310 g/mol. The molecule has 7 nitrogen and oxygen atoms in total. The van der Waals surface area contributed by atoms with Gasteiger partial charge in [-0.15, -0.1) is 0 Å². The normalized spacial score (nSPS) is 10.6. The predicted octanol–water partition coefficient (Wildman–Crippen LogP) is 2.76. The molecule has 2 N–H and O–H groups in total. The number of rotatable bonds is 9. The molecule has 0 fully saturated rings. The molecule has 24 heavy (non-hydrogen) atoms. The van der Waals surface area contributed by atoms with E-state index in [1.165, 1.54) is 10.9 Å². The standard InChI is InChI=1S/C17H23N3O4/c1-4-20-16(17(21)22)14(10-19-20)18-9-12-6-7-15(23-3)13(8-12)11-24-5-2/h6-8,10,18H,4-5,9,11H2,1-3H3,(H,21,22). The van der Waals surface area contributed by atoms with Crippen molar-refractivity contribution in [3.8, 4) is 5.75 Å². The second kappa shape index (κ2) is 8.35. The number of aromatic nitrogens is 2. The number of hydrogen-bond donors (Lipinski definition) is 2. The quantitative estimate of drug-likeness (QED) is 0.734. The summed E-state index contributed by atoms with van der Waals surface area (Å²) in [7, 11) is 1.63. The second-order valence-corrected chi connectivity index (χ2v) is 5.16. The number of ether oxygens (including phenoxy) is 2. The molecule has 2 rings (SSSR count). The van der Waals surface area contributed by atoms with Gasteiger partial charge in [0.1, 0.15) is 5.75 Å². The van der Waals surface area contributed by atoms with Gasteiger partial charge in [0.15, 0.2) is 5.69 Å². The third kappa shape index (κ3) is 4.05. The molecule has 7 heteroatoms. The molecule has 0 unspecified atom stereocenters. The third-order valence-corrected chi connectivity index (χ3v) is 3.63. The number of benzene rings is 1. The van der Waals surface area contributed by atoms with Crippen LogP contribution in [0.5, 0.6) is 5.75 Å². The number of carbonyl (C=O) groups is 1. The van der Waals surface area contributed by atoms with Crippen LogP contribution in [-0.2, 0) is 24.4 Å². The first kappa shape index (κ1) is 17.8. The van der Waals surface area contributed by atoms with Gasteiger partial charge in [0.2, 0.25) is 0 Å². The van der Waals surface area contributed by atoms with Crippen LogP contribution in [-0.4, -0.2) is 34.6 Å². The molecule has 1 heterocycles. The van der Waals surface area contributed by atoms with Crippen molar-refractivity contribution in [2.45, 2.75) is 33.5 Å². The fourth-order valence-corrected chi connectivity index (χ4v) is 2.44. The minimum atomic E-state index is -0.997. The van der Waals surface area contributed by atoms with Crippen LogP contribution >= 0.6 is 0 Å².